The Kier molecular flexibility index (Phi) is 5.74. The minimum atomic E-state index is -0.277. The first-order valence-corrected chi connectivity index (χ1v) is 5.72. The van der Waals surface area contributed by atoms with Gasteiger partial charge in [0, 0.05) is 23.2 Å². The smallest absolute Gasteiger partial charge is 0.128 e. The molecule has 0 heterocycles. The Labute approximate surface area is 101 Å². The molecule has 0 fully saturated rings. The second kappa shape index (κ2) is 6.84. The summed E-state index contributed by atoms with van der Waals surface area (Å²) >= 11 is 5.76. The molecule has 0 unspecified atom stereocenters. The molecule has 0 amide bonds. The van der Waals surface area contributed by atoms with Crippen LogP contribution in [-0.4, -0.2) is 19.2 Å². The van der Waals surface area contributed by atoms with Crippen molar-refractivity contribution >= 4 is 11.6 Å². The minimum absolute atomic E-state index is 0.256. The lowest BCUT2D eigenvalue weighted by atomic mass is 10.2. The SMILES string of the molecule is CC(C)NCCOCc1cc(Cl)ccc1F. The monoisotopic (exact) mass is 245 g/mol. The van der Waals surface area contributed by atoms with E-state index >= 15 is 0 Å². The quantitative estimate of drug-likeness (QED) is 0.778. The Morgan fingerprint density at radius 1 is 1.44 bits per heavy atom. The van der Waals surface area contributed by atoms with E-state index in [0.29, 0.717) is 23.2 Å². The molecule has 1 aromatic rings. The Morgan fingerprint density at radius 3 is 2.88 bits per heavy atom. The van der Waals surface area contributed by atoms with Gasteiger partial charge in [-0.2, -0.15) is 0 Å². The van der Waals surface area contributed by atoms with Crippen LogP contribution in [0.15, 0.2) is 18.2 Å². The van der Waals surface area contributed by atoms with Crippen LogP contribution in [-0.2, 0) is 11.3 Å². The second-order valence-corrected chi connectivity index (χ2v) is 4.33. The lowest BCUT2D eigenvalue weighted by Gasteiger charge is -2.09. The van der Waals surface area contributed by atoms with Crippen molar-refractivity contribution in [1.82, 2.24) is 5.32 Å². The molecule has 0 saturated heterocycles. The van der Waals surface area contributed by atoms with Crippen LogP contribution in [0.5, 0.6) is 0 Å². The number of nitrogens with one attached hydrogen (secondary N) is 1. The zero-order valence-electron chi connectivity index (χ0n) is 9.59. The van der Waals surface area contributed by atoms with Gasteiger partial charge in [-0.3, -0.25) is 0 Å². The fourth-order valence-electron chi connectivity index (χ4n) is 1.26. The number of benzene rings is 1. The maximum atomic E-state index is 13.3. The highest BCUT2D eigenvalue weighted by Crippen LogP contribution is 2.15. The van der Waals surface area contributed by atoms with Gasteiger partial charge in [-0.1, -0.05) is 25.4 Å². The molecule has 2 nitrogen and oxygen atoms in total. The third kappa shape index (κ3) is 4.92. The van der Waals surface area contributed by atoms with Crippen molar-refractivity contribution in [3.63, 3.8) is 0 Å². The maximum Gasteiger partial charge on any atom is 0.128 e. The van der Waals surface area contributed by atoms with E-state index in [4.69, 9.17) is 16.3 Å². The molecule has 0 saturated carbocycles. The maximum absolute atomic E-state index is 13.3. The summed E-state index contributed by atoms with van der Waals surface area (Å²) in [7, 11) is 0. The van der Waals surface area contributed by atoms with Crippen LogP contribution in [0.25, 0.3) is 0 Å². The van der Waals surface area contributed by atoms with Gasteiger partial charge in [0.05, 0.1) is 13.2 Å². The molecule has 1 rings (SSSR count). The van der Waals surface area contributed by atoms with E-state index < -0.39 is 0 Å². The Balaban J connectivity index is 2.29. The Morgan fingerprint density at radius 2 is 2.19 bits per heavy atom. The molecule has 1 aromatic carbocycles. The molecule has 0 radical (unpaired) electrons. The predicted octanol–water partition coefficient (Wildman–Crippen LogP) is 2.99. The summed E-state index contributed by atoms with van der Waals surface area (Å²) in [4.78, 5) is 0. The van der Waals surface area contributed by atoms with Crippen molar-refractivity contribution in [1.29, 1.82) is 0 Å². The van der Waals surface area contributed by atoms with E-state index in [0.717, 1.165) is 6.54 Å². The fourth-order valence-corrected chi connectivity index (χ4v) is 1.45. The number of hydrogen-bond acceptors (Lipinski definition) is 2. The highest BCUT2D eigenvalue weighted by Gasteiger charge is 2.02. The normalized spacial score (nSPS) is 11.1. The van der Waals surface area contributed by atoms with Crippen molar-refractivity contribution in [2.24, 2.45) is 0 Å². The summed E-state index contributed by atoms with van der Waals surface area (Å²) in [5.41, 5.74) is 0.497. The molecule has 0 spiro atoms. The molecular formula is C12H17ClFNO. The van der Waals surface area contributed by atoms with Crippen molar-refractivity contribution in [3.8, 4) is 0 Å². The van der Waals surface area contributed by atoms with Crippen molar-refractivity contribution in [3.05, 3.63) is 34.6 Å². The highest BCUT2D eigenvalue weighted by molar-refractivity contribution is 6.30. The van der Waals surface area contributed by atoms with Crippen molar-refractivity contribution in [2.75, 3.05) is 13.2 Å². The zero-order chi connectivity index (χ0) is 12.0. The van der Waals surface area contributed by atoms with Gasteiger partial charge < -0.3 is 10.1 Å². The zero-order valence-corrected chi connectivity index (χ0v) is 10.4. The summed E-state index contributed by atoms with van der Waals surface area (Å²) in [5.74, 6) is -0.277. The van der Waals surface area contributed by atoms with E-state index in [-0.39, 0.29) is 12.4 Å². The fraction of sp³-hybridized carbons (Fsp3) is 0.500. The molecule has 16 heavy (non-hydrogen) atoms. The van der Waals surface area contributed by atoms with E-state index in [1.165, 1.54) is 12.1 Å². The first-order valence-electron chi connectivity index (χ1n) is 5.34. The summed E-state index contributed by atoms with van der Waals surface area (Å²) in [6, 6.07) is 4.91. The van der Waals surface area contributed by atoms with Crippen LogP contribution in [0.1, 0.15) is 19.4 Å². The van der Waals surface area contributed by atoms with Crippen LogP contribution in [0.3, 0.4) is 0 Å². The molecule has 0 aromatic heterocycles. The van der Waals surface area contributed by atoms with Crippen LogP contribution in [0, 0.1) is 5.82 Å². The van der Waals surface area contributed by atoms with Crippen LogP contribution in [0.2, 0.25) is 5.02 Å². The van der Waals surface area contributed by atoms with Gasteiger partial charge in [-0.05, 0) is 18.2 Å². The van der Waals surface area contributed by atoms with Gasteiger partial charge in [0.15, 0.2) is 0 Å². The Hall–Kier alpha value is -0.640. The van der Waals surface area contributed by atoms with Gasteiger partial charge >= 0.3 is 0 Å². The van der Waals surface area contributed by atoms with Crippen molar-refractivity contribution < 1.29 is 9.13 Å². The van der Waals surface area contributed by atoms with Gasteiger partial charge in [0.1, 0.15) is 5.82 Å². The third-order valence-corrected chi connectivity index (χ3v) is 2.30. The topological polar surface area (TPSA) is 21.3 Å². The number of halogens is 2. The lowest BCUT2D eigenvalue weighted by Crippen LogP contribution is -2.26. The van der Waals surface area contributed by atoms with E-state index in [1.807, 2.05) is 0 Å². The average Bonchev–Trinajstić information content (AvgIpc) is 2.22. The van der Waals surface area contributed by atoms with E-state index in [2.05, 4.69) is 19.2 Å². The molecule has 0 aliphatic rings. The predicted molar refractivity (Wildman–Crippen MR) is 64.2 cm³/mol. The number of ether oxygens (including phenoxy) is 1. The molecule has 0 bridgehead atoms. The molecule has 1 N–H and O–H groups in total. The van der Waals surface area contributed by atoms with Crippen LogP contribution < -0.4 is 5.32 Å². The standard InChI is InChI=1S/C12H17ClFNO/c1-9(2)15-5-6-16-8-10-7-11(13)3-4-12(10)14/h3-4,7,9,15H,5-6,8H2,1-2H3. The van der Waals surface area contributed by atoms with Crippen LogP contribution >= 0.6 is 11.6 Å². The average molecular weight is 246 g/mol. The number of hydrogen-bond donors (Lipinski definition) is 1. The van der Waals surface area contributed by atoms with E-state index in [1.54, 1.807) is 6.07 Å². The molecule has 4 heteroatoms. The summed E-state index contributed by atoms with van der Waals surface area (Å²) < 4.78 is 18.6. The molecule has 90 valence electrons. The first kappa shape index (κ1) is 13.4. The van der Waals surface area contributed by atoms with Gasteiger partial charge in [0.25, 0.3) is 0 Å². The molecule has 0 atom stereocenters. The van der Waals surface area contributed by atoms with Gasteiger partial charge in [-0.25, -0.2) is 4.39 Å². The van der Waals surface area contributed by atoms with Crippen molar-refractivity contribution in [2.45, 2.75) is 26.5 Å². The minimum Gasteiger partial charge on any atom is -0.375 e. The highest BCUT2D eigenvalue weighted by atomic mass is 35.5. The van der Waals surface area contributed by atoms with Crippen LogP contribution in [0.4, 0.5) is 4.39 Å². The Bertz CT molecular complexity index is 331. The molecular weight excluding hydrogens is 229 g/mol. The van der Waals surface area contributed by atoms with E-state index in [9.17, 15) is 4.39 Å². The first-order chi connectivity index (χ1) is 7.59. The number of rotatable bonds is 6. The molecule has 0 aliphatic carbocycles. The largest absolute Gasteiger partial charge is 0.375 e. The summed E-state index contributed by atoms with van der Waals surface area (Å²) in [6.07, 6.45) is 0. The third-order valence-electron chi connectivity index (χ3n) is 2.06. The summed E-state index contributed by atoms with van der Waals surface area (Å²) in [5, 5.41) is 3.74. The summed E-state index contributed by atoms with van der Waals surface area (Å²) in [6.45, 7) is 5.71. The second-order valence-electron chi connectivity index (χ2n) is 3.90. The lowest BCUT2D eigenvalue weighted by molar-refractivity contribution is 0.119. The molecule has 0 aliphatic heterocycles. The van der Waals surface area contributed by atoms with Gasteiger partial charge in [-0.15, -0.1) is 0 Å². The van der Waals surface area contributed by atoms with Gasteiger partial charge in [0.2, 0.25) is 0 Å².